The highest BCUT2D eigenvalue weighted by atomic mass is 35.5. The van der Waals surface area contributed by atoms with Gasteiger partial charge in [-0.3, -0.25) is 0 Å². The van der Waals surface area contributed by atoms with Gasteiger partial charge in [0.1, 0.15) is 0 Å². The summed E-state index contributed by atoms with van der Waals surface area (Å²) in [5.41, 5.74) is 10.9. The Balaban J connectivity index is 0.000001000. The number of hydrogen-bond donors (Lipinski definition) is 2. The lowest BCUT2D eigenvalue weighted by atomic mass is 10.3. The molecule has 0 aliphatic rings. The van der Waals surface area contributed by atoms with Gasteiger partial charge in [-0.05, 0) is 0 Å². The van der Waals surface area contributed by atoms with E-state index in [4.69, 9.17) is 11.5 Å². The van der Waals surface area contributed by atoms with Crippen molar-refractivity contribution in [3.05, 3.63) is 18.7 Å². The van der Waals surface area contributed by atoms with Crippen LogP contribution in [0.2, 0.25) is 0 Å². The minimum absolute atomic E-state index is 0. The molecular weight excluding hydrogens is 164 g/mol. The van der Waals surface area contributed by atoms with E-state index >= 15 is 0 Å². The molecular formula is C6H13ClN4. The molecule has 0 saturated heterocycles. The highest BCUT2D eigenvalue weighted by molar-refractivity contribution is 5.85. The van der Waals surface area contributed by atoms with Crippen molar-refractivity contribution >= 4 is 12.4 Å². The van der Waals surface area contributed by atoms with Gasteiger partial charge in [0.2, 0.25) is 0 Å². The Morgan fingerprint density at radius 1 is 1.55 bits per heavy atom. The zero-order chi connectivity index (χ0) is 7.40. The molecule has 0 aromatic carbocycles. The van der Waals surface area contributed by atoms with E-state index in [-0.39, 0.29) is 18.4 Å². The average molecular weight is 177 g/mol. The van der Waals surface area contributed by atoms with Gasteiger partial charge >= 0.3 is 0 Å². The Hall–Kier alpha value is -0.580. The molecule has 0 amide bonds. The van der Waals surface area contributed by atoms with E-state index in [1.165, 1.54) is 0 Å². The molecule has 1 rings (SSSR count). The van der Waals surface area contributed by atoms with Gasteiger partial charge in [0.25, 0.3) is 0 Å². The van der Waals surface area contributed by atoms with Crippen LogP contribution in [-0.2, 0) is 6.54 Å². The number of aromatic nitrogens is 2. The number of nitrogens with zero attached hydrogens (tertiary/aromatic N) is 2. The monoisotopic (exact) mass is 176 g/mol. The topological polar surface area (TPSA) is 69.9 Å². The summed E-state index contributed by atoms with van der Waals surface area (Å²) in [4.78, 5) is 3.88. The normalized spacial score (nSPS) is 12.2. The molecule has 4 nitrogen and oxygen atoms in total. The molecule has 0 fully saturated rings. The average Bonchev–Trinajstić information content (AvgIpc) is 2.40. The molecule has 1 aromatic heterocycles. The zero-order valence-electron chi connectivity index (χ0n) is 6.18. The van der Waals surface area contributed by atoms with Gasteiger partial charge in [-0.25, -0.2) is 4.98 Å². The third-order valence-electron chi connectivity index (χ3n) is 1.31. The highest BCUT2D eigenvalue weighted by Crippen LogP contribution is 1.87. The fourth-order valence-electron chi connectivity index (χ4n) is 0.740. The molecule has 0 radical (unpaired) electrons. The molecule has 11 heavy (non-hydrogen) atoms. The Bertz CT molecular complexity index is 175. The van der Waals surface area contributed by atoms with Crippen LogP contribution in [-0.4, -0.2) is 22.1 Å². The summed E-state index contributed by atoms with van der Waals surface area (Å²) in [6.45, 7) is 1.26. The van der Waals surface area contributed by atoms with E-state index < -0.39 is 0 Å². The quantitative estimate of drug-likeness (QED) is 0.658. The van der Waals surface area contributed by atoms with Crippen LogP contribution in [0.25, 0.3) is 0 Å². The molecule has 64 valence electrons. The van der Waals surface area contributed by atoms with Crippen LogP contribution in [0.4, 0.5) is 0 Å². The Morgan fingerprint density at radius 3 is 2.73 bits per heavy atom. The fraction of sp³-hybridized carbons (Fsp3) is 0.500. The maximum Gasteiger partial charge on any atom is 0.0946 e. The lowest BCUT2D eigenvalue weighted by Gasteiger charge is -2.07. The summed E-state index contributed by atoms with van der Waals surface area (Å²) >= 11 is 0. The molecule has 1 unspecified atom stereocenters. The zero-order valence-corrected chi connectivity index (χ0v) is 7.00. The predicted octanol–water partition coefficient (Wildman–Crippen LogP) is -0.409. The second-order valence-corrected chi connectivity index (χ2v) is 2.26. The van der Waals surface area contributed by atoms with Crippen molar-refractivity contribution < 1.29 is 0 Å². The predicted molar refractivity (Wildman–Crippen MR) is 46.5 cm³/mol. The van der Waals surface area contributed by atoms with E-state index in [9.17, 15) is 0 Å². The highest BCUT2D eigenvalue weighted by Gasteiger charge is 1.98. The maximum absolute atomic E-state index is 5.59. The van der Waals surface area contributed by atoms with E-state index in [1.54, 1.807) is 12.5 Å². The first kappa shape index (κ1) is 10.4. The van der Waals surface area contributed by atoms with Crippen molar-refractivity contribution in [2.24, 2.45) is 11.5 Å². The van der Waals surface area contributed by atoms with Crippen molar-refractivity contribution in [2.45, 2.75) is 12.6 Å². The van der Waals surface area contributed by atoms with E-state index in [1.807, 2.05) is 10.8 Å². The smallest absolute Gasteiger partial charge is 0.0946 e. The van der Waals surface area contributed by atoms with Gasteiger partial charge in [-0.1, -0.05) is 0 Å². The first-order chi connectivity index (χ1) is 4.83. The van der Waals surface area contributed by atoms with Crippen LogP contribution in [0, 0.1) is 0 Å². The third-order valence-corrected chi connectivity index (χ3v) is 1.31. The summed E-state index contributed by atoms with van der Waals surface area (Å²) in [7, 11) is 0. The lowest BCUT2D eigenvalue weighted by molar-refractivity contribution is 0.559. The third kappa shape index (κ3) is 3.36. The molecule has 5 heteroatoms. The lowest BCUT2D eigenvalue weighted by Crippen LogP contribution is -2.33. The molecule has 0 aliphatic heterocycles. The summed E-state index contributed by atoms with van der Waals surface area (Å²) in [6.07, 6.45) is 5.33. The van der Waals surface area contributed by atoms with Crippen molar-refractivity contribution in [1.82, 2.24) is 9.55 Å². The van der Waals surface area contributed by atoms with Gasteiger partial charge in [0, 0.05) is 31.5 Å². The second kappa shape index (κ2) is 5.12. The Kier molecular flexibility index (Phi) is 4.85. The van der Waals surface area contributed by atoms with Gasteiger partial charge in [0.15, 0.2) is 0 Å². The number of rotatable bonds is 3. The maximum atomic E-state index is 5.59. The number of nitrogens with two attached hydrogens (primary N) is 2. The molecule has 1 atom stereocenters. The SMILES string of the molecule is Cl.NCC(N)Cn1ccnc1. The molecule has 0 aliphatic carbocycles. The number of halogens is 1. The standard InChI is InChI=1S/C6H12N4.ClH/c7-3-6(8)4-10-2-1-9-5-10;/h1-2,5-6H,3-4,7-8H2;1H. The van der Waals surface area contributed by atoms with Gasteiger partial charge in [-0.15, -0.1) is 12.4 Å². The van der Waals surface area contributed by atoms with Gasteiger partial charge < -0.3 is 16.0 Å². The van der Waals surface area contributed by atoms with Crippen LogP contribution < -0.4 is 11.5 Å². The molecule has 1 aromatic rings. The Morgan fingerprint density at radius 2 is 2.27 bits per heavy atom. The number of hydrogen-bond acceptors (Lipinski definition) is 3. The van der Waals surface area contributed by atoms with E-state index in [0.29, 0.717) is 6.54 Å². The van der Waals surface area contributed by atoms with Gasteiger partial charge in [-0.2, -0.15) is 0 Å². The summed E-state index contributed by atoms with van der Waals surface area (Å²) in [5, 5.41) is 0. The second-order valence-electron chi connectivity index (χ2n) is 2.26. The number of imidazole rings is 1. The van der Waals surface area contributed by atoms with Crippen LogP contribution in [0.5, 0.6) is 0 Å². The summed E-state index contributed by atoms with van der Waals surface area (Å²) < 4.78 is 1.91. The fourth-order valence-corrected chi connectivity index (χ4v) is 0.740. The molecule has 1 heterocycles. The van der Waals surface area contributed by atoms with Gasteiger partial charge in [0.05, 0.1) is 6.33 Å². The van der Waals surface area contributed by atoms with E-state index in [2.05, 4.69) is 4.98 Å². The van der Waals surface area contributed by atoms with Crippen LogP contribution >= 0.6 is 12.4 Å². The minimum Gasteiger partial charge on any atom is -0.336 e. The minimum atomic E-state index is 0. The summed E-state index contributed by atoms with van der Waals surface area (Å²) in [6, 6.07) is 0.0363. The first-order valence-corrected chi connectivity index (χ1v) is 3.24. The van der Waals surface area contributed by atoms with Crippen molar-refractivity contribution in [1.29, 1.82) is 0 Å². The Labute approximate surface area is 72.0 Å². The van der Waals surface area contributed by atoms with Crippen molar-refractivity contribution in [2.75, 3.05) is 6.54 Å². The summed E-state index contributed by atoms with van der Waals surface area (Å²) in [5.74, 6) is 0. The van der Waals surface area contributed by atoms with Crippen molar-refractivity contribution in [3.63, 3.8) is 0 Å². The molecule has 0 spiro atoms. The van der Waals surface area contributed by atoms with E-state index in [0.717, 1.165) is 6.54 Å². The van der Waals surface area contributed by atoms with Crippen molar-refractivity contribution in [3.8, 4) is 0 Å². The molecule has 0 bridgehead atoms. The largest absolute Gasteiger partial charge is 0.336 e. The van der Waals surface area contributed by atoms with Crippen LogP contribution in [0.1, 0.15) is 0 Å². The van der Waals surface area contributed by atoms with Crippen LogP contribution in [0.15, 0.2) is 18.7 Å². The molecule has 4 N–H and O–H groups in total. The van der Waals surface area contributed by atoms with Crippen LogP contribution in [0.3, 0.4) is 0 Å². The molecule has 0 saturated carbocycles. The first-order valence-electron chi connectivity index (χ1n) is 3.24.